The summed E-state index contributed by atoms with van der Waals surface area (Å²) in [6, 6.07) is 4.11. The van der Waals surface area contributed by atoms with Crippen LogP contribution in [0.3, 0.4) is 0 Å². The number of anilines is 2. The average molecular weight is 209 g/mol. The molecular formula is C8H11N5S. The van der Waals surface area contributed by atoms with E-state index in [-0.39, 0.29) is 0 Å². The smallest absolute Gasteiger partial charge is 0.223 e. The Morgan fingerprint density at radius 2 is 2.29 bits per heavy atom. The number of nitrogens with one attached hydrogen (secondary N) is 3. The van der Waals surface area contributed by atoms with Crippen LogP contribution in [0, 0.1) is 0 Å². The molecule has 0 saturated heterocycles. The predicted octanol–water partition coefficient (Wildman–Crippen LogP) is 1.52. The van der Waals surface area contributed by atoms with E-state index in [4.69, 9.17) is 0 Å². The van der Waals surface area contributed by atoms with Crippen molar-refractivity contribution in [3.05, 3.63) is 22.4 Å². The lowest BCUT2D eigenvalue weighted by atomic mass is 10.5. The molecule has 74 valence electrons. The summed E-state index contributed by atoms with van der Waals surface area (Å²) < 4.78 is 0. The Labute approximate surface area is 85.6 Å². The third kappa shape index (κ3) is 2.02. The third-order valence-corrected chi connectivity index (χ3v) is 2.61. The predicted molar refractivity (Wildman–Crippen MR) is 57.6 cm³/mol. The highest BCUT2D eigenvalue weighted by Gasteiger charge is 1.99. The maximum absolute atomic E-state index is 3.91. The van der Waals surface area contributed by atoms with Crippen LogP contribution in [-0.4, -0.2) is 22.2 Å². The molecule has 2 aromatic rings. The van der Waals surface area contributed by atoms with Crippen LogP contribution in [0.5, 0.6) is 0 Å². The Bertz CT molecular complexity index is 380. The molecule has 6 heteroatoms. The molecule has 0 unspecified atom stereocenters. The molecule has 3 N–H and O–H groups in total. The molecule has 0 saturated carbocycles. The van der Waals surface area contributed by atoms with Crippen molar-refractivity contribution in [1.82, 2.24) is 15.2 Å². The summed E-state index contributed by atoms with van der Waals surface area (Å²) in [6.45, 7) is 0.774. The molecule has 0 radical (unpaired) electrons. The van der Waals surface area contributed by atoms with E-state index in [0.29, 0.717) is 11.9 Å². The number of thiophene rings is 1. The SMILES string of the molecule is CNc1nnc(NCc2cccs2)[nH]1. The molecule has 0 amide bonds. The fourth-order valence-electron chi connectivity index (χ4n) is 1.04. The van der Waals surface area contributed by atoms with Gasteiger partial charge in [0.2, 0.25) is 11.9 Å². The number of hydrogen-bond acceptors (Lipinski definition) is 5. The van der Waals surface area contributed by atoms with E-state index in [9.17, 15) is 0 Å². The Kier molecular flexibility index (Phi) is 2.64. The standard InChI is InChI=1S/C8H11N5S/c1-9-7-11-8(13-12-7)10-5-6-3-2-4-14-6/h2-4H,5H2,1H3,(H3,9,10,11,12,13). The molecule has 0 bridgehead atoms. The second kappa shape index (κ2) is 4.10. The Hall–Kier alpha value is -1.56. The molecule has 0 fully saturated rings. The van der Waals surface area contributed by atoms with E-state index >= 15 is 0 Å². The summed E-state index contributed by atoms with van der Waals surface area (Å²) >= 11 is 1.71. The average Bonchev–Trinajstić information content (AvgIpc) is 2.86. The van der Waals surface area contributed by atoms with Crippen LogP contribution < -0.4 is 10.6 Å². The van der Waals surface area contributed by atoms with Crippen LogP contribution in [-0.2, 0) is 6.54 Å². The molecule has 2 heterocycles. The van der Waals surface area contributed by atoms with Gasteiger partial charge in [-0.2, -0.15) is 0 Å². The van der Waals surface area contributed by atoms with Crippen LogP contribution in [0.25, 0.3) is 0 Å². The van der Waals surface area contributed by atoms with E-state index in [1.807, 2.05) is 6.07 Å². The summed E-state index contributed by atoms with van der Waals surface area (Å²) in [7, 11) is 1.80. The number of nitrogens with zero attached hydrogens (tertiary/aromatic N) is 2. The maximum Gasteiger partial charge on any atom is 0.223 e. The monoisotopic (exact) mass is 209 g/mol. The molecule has 2 rings (SSSR count). The second-order valence-corrected chi connectivity index (χ2v) is 3.74. The molecule has 0 aliphatic carbocycles. The summed E-state index contributed by atoms with van der Waals surface area (Å²) in [5.41, 5.74) is 0. The summed E-state index contributed by atoms with van der Waals surface area (Å²) in [6.07, 6.45) is 0. The van der Waals surface area contributed by atoms with Crippen LogP contribution in [0.2, 0.25) is 0 Å². The third-order valence-electron chi connectivity index (χ3n) is 1.73. The first-order valence-corrected chi connectivity index (χ1v) is 5.13. The number of aromatic nitrogens is 3. The Balaban J connectivity index is 1.92. The van der Waals surface area contributed by atoms with Crippen molar-refractivity contribution in [2.45, 2.75) is 6.54 Å². The van der Waals surface area contributed by atoms with Crippen LogP contribution in [0.1, 0.15) is 4.88 Å². The van der Waals surface area contributed by atoms with Gasteiger partial charge in [0.05, 0.1) is 6.54 Å². The number of H-pyrrole nitrogens is 1. The topological polar surface area (TPSA) is 65.6 Å². The Morgan fingerprint density at radius 3 is 2.93 bits per heavy atom. The fourth-order valence-corrected chi connectivity index (χ4v) is 1.68. The van der Waals surface area contributed by atoms with Crippen molar-refractivity contribution >= 4 is 23.2 Å². The lowest BCUT2D eigenvalue weighted by Crippen LogP contribution is -1.99. The first kappa shape index (κ1) is 9.01. The minimum atomic E-state index is 0.665. The van der Waals surface area contributed by atoms with Gasteiger partial charge in [-0.1, -0.05) is 6.07 Å². The van der Waals surface area contributed by atoms with Gasteiger partial charge >= 0.3 is 0 Å². The Morgan fingerprint density at radius 1 is 1.43 bits per heavy atom. The zero-order valence-corrected chi connectivity index (χ0v) is 8.56. The highest BCUT2D eigenvalue weighted by atomic mass is 32.1. The first-order valence-electron chi connectivity index (χ1n) is 4.25. The maximum atomic E-state index is 3.91. The molecule has 5 nitrogen and oxygen atoms in total. The normalized spacial score (nSPS) is 10.1. The molecule has 0 aliphatic heterocycles. The van der Waals surface area contributed by atoms with Gasteiger partial charge in [0, 0.05) is 11.9 Å². The summed E-state index contributed by atoms with van der Waals surface area (Å²) in [5, 5.41) is 15.8. The van der Waals surface area contributed by atoms with Crippen molar-refractivity contribution in [1.29, 1.82) is 0 Å². The molecule has 0 spiro atoms. The van der Waals surface area contributed by atoms with E-state index < -0.39 is 0 Å². The molecular weight excluding hydrogens is 198 g/mol. The van der Waals surface area contributed by atoms with E-state index in [1.54, 1.807) is 18.4 Å². The van der Waals surface area contributed by atoms with E-state index in [2.05, 4.69) is 37.3 Å². The number of rotatable bonds is 4. The minimum Gasteiger partial charge on any atom is -0.358 e. The first-order chi connectivity index (χ1) is 6.88. The van der Waals surface area contributed by atoms with E-state index in [0.717, 1.165) is 6.54 Å². The largest absolute Gasteiger partial charge is 0.358 e. The van der Waals surface area contributed by atoms with Crippen molar-refractivity contribution < 1.29 is 0 Å². The lowest BCUT2D eigenvalue weighted by molar-refractivity contribution is 1.05. The van der Waals surface area contributed by atoms with Crippen LogP contribution in [0.4, 0.5) is 11.9 Å². The van der Waals surface area contributed by atoms with Gasteiger partial charge < -0.3 is 10.6 Å². The zero-order valence-electron chi connectivity index (χ0n) is 7.74. The van der Waals surface area contributed by atoms with Gasteiger partial charge in [-0.05, 0) is 11.4 Å². The highest BCUT2D eigenvalue weighted by Crippen LogP contribution is 2.10. The van der Waals surface area contributed by atoms with E-state index in [1.165, 1.54) is 4.88 Å². The highest BCUT2D eigenvalue weighted by molar-refractivity contribution is 7.09. The van der Waals surface area contributed by atoms with Gasteiger partial charge in [0.1, 0.15) is 0 Å². The minimum absolute atomic E-state index is 0.665. The molecule has 14 heavy (non-hydrogen) atoms. The quantitative estimate of drug-likeness (QED) is 0.714. The number of aromatic amines is 1. The summed E-state index contributed by atoms with van der Waals surface area (Å²) in [4.78, 5) is 4.26. The van der Waals surface area contributed by atoms with Crippen LogP contribution in [0.15, 0.2) is 17.5 Å². The van der Waals surface area contributed by atoms with Crippen molar-refractivity contribution in [2.75, 3.05) is 17.7 Å². The zero-order chi connectivity index (χ0) is 9.80. The molecule has 2 aromatic heterocycles. The number of hydrogen-bond donors (Lipinski definition) is 3. The van der Waals surface area contributed by atoms with Gasteiger partial charge in [-0.25, -0.2) is 0 Å². The molecule has 0 aliphatic rings. The van der Waals surface area contributed by atoms with Gasteiger partial charge in [0.25, 0.3) is 0 Å². The second-order valence-electron chi connectivity index (χ2n) is 2.71. The molecule has 0 aromatic carbocycles. The van der Waals surface area contributed by atoms with Gasteiger partial charge in [-0.3, -0.25) is 4.98 Å². The molecule has 0 atom stereocenters. The van der Waals surface area contributed by atoms with Gasteiger partial charge in [-0.15, -0.1) is 21.5 Å². The van der Waals surface area contributed by atoms with Crippen LogP contribution >= 0.6 is 11.3 Å². The summed E-state index contributed by atoms with van der Waals surface area (Å²) in [5.74, 6) is 1.35. The van der Waals surface area contributed by atoms with Crippen molar-refractivity contribution in [3.8, 4) is 0 Å². The lowest BCUT2D eigenvalue weighted by Gasteiger charge is -1.98. The van der Waals surface area contributed by atoms with Gasteiger partial charge in [0.15, 0.2) is 0 Å². The fraction of sp³-hybridized carbons (Fsp3) is 0.250. The van der Waals surface area contributed by atoms with Crippen molar-refractivity contribution in [2.24, 2.45) is 0 Å². The van der Waals surface area contributed by atoms with Crippen molar-refractivity contribution in [3.63, 3.8) is 0 Å².